The first-order chi connectivity index (χ1) is 7.54. The van der Waals surface area contributed by atoms with Crippen LogP contribution < -0.4 is 10.6 Å². The highest BCUT2D eigenvalue weighted by Gasteiger charge is 2.24. The van der Waals surface area contributed by atoms with Crippen molar-refractivity contribution < 1.29 is 9.66 Å². The highest BCUT2D eigenvalue weighted by Crippen LogP contribution is 2.11. The monoisotopic (exact) mass is 229 g/mol. The van der Waals surface area contributed by atoms with E-state index in [1.54, 1.807) is 7.11 Å². The first-order valence-corrected chi connectivity index (χ1v) is 5.39. The van der Waals surface area contributed by atoms with Crippen molar-refractivity contribution in [3.8, 4) is 0 Å². The molecule has 0 amide bonds. The fourth-order valence-electron chi connectivity index (χ4n) is 1.72. The van der Waals surface area contributed by atoms with Crippen molar-refractivity contribution in [1.29, 1.82) is 0 Å². The van der Waals surface area contributed by atoms with Crippen molar-refractivity contribution in [1.82, 2.24) is 10.6 Å². The van der Waals surface area contributed by atoms with Gasteiger partial charge in [0.15, 0.2) is 5.88 Å². The first-order valence-electron chi connectivity index (χ1n) is 5.39. The molecule has 2 atom stereocenters. The van der Waals surface area contributed by atoms with E-state index in [2.05, 4.69) is 10.6 Å². The zero-order valence-electron chi connectivity index (χ0n) is 9.95. The van der Waals surface area contributed by atoms with Crippen LogP contribution in [0.5, 0.6) is 0 Å². The molecule has 0 aromatic carbocycles. The summed E-state index contributed by atoms with van der Waals surface area (Å²) in [4.78, 5) is 10.5. The molecule has 0 aromatic heterocycles. The Hall–Kier alpha value is -1.30. The summed E-state index contributed by atoms with van der Waals surface area (Å²) in [5, 5.41) is 16.9. The lowest BCUT2D eigenvalue weighted by atomic mass is 10.1. The maximum atomic E-state index is 10.8. The molecule has 0 spiro atoms. The lowest BCUT2D eigenvalue weighted by molar-refractivity contribution is -0.531. The van der Waals surface area contributed by atoms with Crippen LogP contribution in [0.1, 0.15) is 20.3 Å². The van der Waals surface area contributed by atoms with Crippen molar-refractivity contribution in [2.24, 2.45) is 5.92 Å². The van der Waals surface area contributed by atoms with Crippen LogP contribution in [0.2, 0.25) is 0 Å². The normalized spacial score (nSPS) is 31.9. The van der Waals surface area contributed by atoms with Gasteiger partial charge in [-0.05, 0) is 12.8 Å². The molecule has 0 aromatic rings. The van der Waals surface area contributed by atoms with E-state index in [9.17, 15) is 10.1 Å². The molecule has 1 unspecified atom stereocenters. The number of nitrogens with one attached hydrogen (secondary N) is 2. The van der Waals surface area contributed by atoms with Gasteiger partial charge in [0.1, 0.15) is 0 Å². The summed E-state index contributed by atoms with van der Waals surface area (Å²) in [5.41, 5.74) is 0.948. The Morgan fingerprint density at radius 2 is 2.25 bits per heavy atom. The number of hydrogen-bond acceptors (Lipinski definition) is 5. The topological polar surface area (TPSA) is 76.4 Å². The van der Waals surface area contributed by atoms with E-state index in [0.29, 0.717) is 25.4 Å². The third kappa shape index (κ3) is 3.37. The molecular weight excluding hydrogens is 210 g/mol. The molecule has 1 aliphatic heterocycles. The van der Waals surface area contributed by atoms with Gasteiger partial charge in [0, 0.05) is 30.0 Å². The van der Waals surface area contributed by atoms with Crippen LogP contribution >= 0.6 is 0 Å². The van der Waals surface area contributed by atoms with E-state index in [1.807, 2.05) is 13.8 Å². The van der Waals surface area contributed by atoms with Gasteiger partial charge in [-0.1, -0.05) is 6.92 Å². The quantitative estimate of drug-likeness (QED) is 0.538. The van der Waals surface area contributed by atoms with E-state index in [-0.39, 0.29) is 10.8 Å². The number of nitro groups is 1. The van der Waals surface area contributed by atoms with E-state index >= 15 is 0 Å². The Balaban J connectivity index is 2.76. The van der Waals surface area contributed by atoms with Gasteiger partial charge in [0.05, 0.1) is 7.11 Å². The predicted octanol–water partition coefficient (Wildman–Crippen LogP) is 0.686. The van der Waals surface area contributed by atoms with Gasteiger partial charge < -0.3 is 10.1 Å². The van der Waals surface area contributed by atoms with Gasteiger partial charge in [-0.2, -0.15) is 0 Å². The van der Waals surface area contributed by atoms with Crippen molar-refractivity contribution in [3.63, 3.8) is 0 Å². The number of ether oxygens (including phenoxy) is 1. The van der Waals surface area contributed by atoms with Gasteiger partial charge in [-0.15, -0.1) is 0 Å². The van der Waals surface area contributed by atoms with Gasteiger partial charge in [0.25, 0.3) is 6.17 Å². The molecule has 6 nitrogen and oxygen atoms in total. The molecular formula is C10H19N3O3. The van der Waals surface area contributed by atoms with Gasteiger partial charge in [0.2, 0.25) is 0 Å². The average molecular weight is 229 g/mol. The Kier molecular flexibility index (Phi) is 4.54. The summed E-state index contributed by atoms with van der Waals surface area (Å²) in [6, 6.07) is 0. The molecule has 1 aliphatic rings. The molecule has 2 N–H and O–H groups in total. The smallest absolute Gasteiger partial charge is 0.266 e. The Labute approximate surface area is 95.2 Å². The fraction of sp³-hybridized carbons (Fsp3) is 0.800. The lowest BCUT2D eigenvalue weighted by Crippen LogP contribution is -2.38. The molecule has 0 fully saturated rings. The second kappa shape index (κ2) is 5.69. The van der Waals surface area contributed by atoms with E-state index in [4.69, 9.17) is 4.74 Å². The largest absolute Gasteiger partial charge is 0.483 e. The lowest BCUT2D eigenvalue weighted by Gasteiger charge is -2.14. The summed E-state index contributed by atoms with van der Waals surface area (Å²) in [6.45, 7) is 5.03. The molecule has 0 radical (unpaired) electrons. The molecule has 16 heavy (non-hydrogen) atoms. The zero-order chi connectivity index (χ0) is 12.1. The number of nitrogens with zero attached hydrogens (tertiary/aromatic N) is 1. The van der Waals surface area contributed by atoms with Crippen LogP contribution in [0, 0.1) is 16.0 Å². The van der Waals surface area contributed by atoms with Crippen LogP contribution in [0.4, 0.5) is 0 Å². The Bertz CT molecular complexity index is 291. The molecule has 1 heterocycles. The molecule has 0 saturated carbocycles. The molecule has 0 bridgehead atoms. The van der Waals surface area contributed by atoms with Crippen LogP contribution in [0.25, 0.3) is 0 Å². The van der Waals surface area contributed by atoms with Gasteiger partial charge in [-0.3, -0.25) is 15.4 Å². The molecule has 0 aliphatic carbocycles. The highest BCUT2D eigenvalue weighted by atomic mass is 16.6. The number of rotatable bonds is 2. The van der Waals surface area contributed by atoms with E-state index < -0.39 is 6.17 Å². The SMILES string of the molecule is CO/C1=C(\C)CNC([N+](=O)[O-])C[C@@H](C)CN1. The summed E-state index contributed by atoms with van der Waals surface area (Å²) < 4.78 is 5.20. The van der Waals surface area contributed by atoms with Crippen molar-refractivity contribution in [3.05, 3.63) is 21.6 Å². The van der Waals surface area contributed by atoms with Crippen LogP contribution in [-0.4, -0.2) is 31.3 Å². The standard InChI is InChI=1S/C10H19N3O3/c1-7-4-9(13(14)15)11-6-8(2)10(16-3)12-5-7/h7,9,11-12H,4-6H2,1-3H3/b10-8+/t7-,9?/m1/s1. The highest BCUT2D eigenvalue weighted by molar-refractivity contribution is 5.06. The van der Waals surface area contributed by atoms with Gasteiger partial charge in [-0.25, -0.2) is 0 Å². The van der Waals surface area contributed by atoms with Gasteiger partial charge >= 0.3 is 0 Å². The van der Waals surface area contributed by atoms with E-state index in [1.165, 1.54) is 0 Å². The second-order valence-corrected chi connectivity index (χ2v) is 4.22. The van der Waals surface area contributed by atoms with Crippen molar-refractivity contribution in [2.75, 3.05) is 20.2 Å². The summed E-state index contributed by atoms with van der Waals surface area (Å²) in [6.07, 6.45) is -0.160. The van der Waals surface area contributed by atoms with Crippen LogP contribution in [0.3, 0.4) is 0 Å². The van der Waals surface area contributed by atoms with Crippen molar-refractivity contribution in [2.45, 2.75) is 26.4 Å². The summed E-state index contributed by atoms with van der Waals surface area (Å²) >= 11 is 0. The van der Waals surface area contributed by atoms with Crippen molar-refractivity contribution >= 4 is 0 Å². The molecule has 0 saturated heterocycles. The molecule has 1 rings (SSSR count). The Morgan fingerprint density at radius 3 is 2.81 bits per heavy atom. The average Bonchev–Trinajstić information content (AvgIpc) is 2.29. The fourth-order valence-corrected chi connectivity index (χ4v) is 1.72. The predicted molar refractivity (Wildman–Crippen MR) is 60.3 cm³/mol. The molecule has 92 valence electrons. The summed E-state index contributed by atoms with van der Waals surface area (Å²) in [5.74, 6) is 0.933. The molecule has 6 heteroatoms. The third-order valence-electron chi connectivity index (χ3n) is 2.69. The van der Waals surface area contributed by atoms with Crippen LogP contribution in [-0.2, 0) is 4.74 Å². The first kappa shape index (κ1) is 12.8. The third-order valence-corrected chi connectivity index (χ3v) is 2.69. The van der Waals surface area contributed by atoms with E-state index in [0.717, 1.165) is 5.57 Å². The minimum atomic E-state index is -0.678. The minimum Gasteiger partial charge on any atom is -0.483 e. The minimum absolute atomic E-state index is 0.221. The zero-order valence-corrected chi connectivity index (χ0v) is 9.95. The summed E-state index contributed by atoms with van der Waals surface area (Å²) in [7, 11) is 1.60. The second-order valence-electron chi connectivity index (χ2n) is 4.22. The maximum absolute atomic E-state index is 10.8. The number of methoxy groups -OCH3 is 1. The van der Waals surface area contributed by atoms with Crippen LogP contribution in [0.15, 0.2) is 11.5 Å². The number of hydrogen-bond donors (Lipinski definition) is 2. The maximum Gasteiger partial charge on any atom is 0.266 e. The Morgan fingerprint density at radius 1 is 1.56 bits per heavy atom.